The minimum atomic E-state index is -3.35. The molecule has 1 heterocycles. The maximum absolute atomic E-state index is 13.2. The summed E-state index contributed by atoms with van der Waals surface area (Å²) in [5.41, 5.74) is 3.57. The molecule has 0 bridgehead atoms. The molecule has 2 unspecified atom stereocenters. The van der Waals surface area contributed by atoms with Crippen molar-refractivity contribution in [1.29, 1.82) is 0 Å². The normalized spacial score (nSPS) is 18.9. The molecule has 0 aliphatic carbocycles. The summed E-state index contributed by atoms with van der Waals surface area (Å²) in [4.78, 5) is 0.542. The van der Waals surface area contributed by atoms with E-state index in [-0.39, 0.29) is 6.04 Å². The van der Waals surface area contributed by atoms with Gasteiger partial charge < -0.3 is 10.4 Å². The van der Waals surface area contributed by atoms with Gasteiger partial charge in [-0.3, -0.25) is 0 Å². The molecule has 6 heteroatoms. The van der Waals surface area contributed by atoms with Crippen LogP contribution in [0.25, 0.3) is 0 Å². The van der Waals surface area contributed by atoms with E-state index in [9.17, 15) is 8.42 Å². The van der Waals surface area contributed by atoms with Gasteiger partial charge in [0.25, 0.3) is 0 Å². The summed E-state index contributed by atoms with van der Waals surface area (Å²) < 4.78 is 25.9. The van der Waals surface area contributed by atoms with Crippen molar-refractivity contribution in [2.45, 2.75) is 132 Å². The molecule has 1 aliphatic heterocycles. The second-order valence-corrected chi connectivity index (χ2v) is 13.6. The number of halogens is 1. The van der Waals surface area contributed by atoms with E-state index < -0.39 is 14.0 Å². The number of hydrogen-bond donors (Lipinski definition) is 2. The van der Waals surface area contributed by atoms with Gasteiger partial charge in [0.15, 0.2) is 9.84 Å². The van der Waals surface area contributed by atoms with Crippen LogP contribution in [0.3, 0.4) is 0 Å². The molecule has 2 rings (SSSR count). The molecule has 1 aliphatic rings. The first-order chi connectivity index (χ1) is 16.5. The number of hydrogen-bond acceptors (Lipinski definition) is 4. The van der Waals surface area contributed by atoms with Gasteiger partial charge in [-0.25, -0.2) is 8.42 Å². The van der Waals surface area contributed by atoms with Crippen LogP contribution in [-0.4, -0.2) is 30.8 Å². The van der Waals surface area contributed by atoms with E-state index in [4.69, 9.17) is 5.11 Å². The van der Waals surface area contributed by atoms with E-state index in [1.54, 1.807) is 0 Å². The fourth-order valence-corrected chi connectivity index (χ4v) is 7.71. The molecule has 34 heavy (non-hydrogen) atoms. The van der Waals surface area contributed by atoms with Crippen molar-refractivity contribution in [3.8, 4) is 0 Å². The highest BCUT2D eigenvalue weighted by molar-refractivity contribution is 9.11. The molecule has 0 radical (unpaired) electrons. The van der Waals surface area contributed by atoms with Crippen molar-refractivity contribution in [1.82, 2.24) is 5.32 Å². The zero-order valence-electron chi connectivity index (χ0n) is 21.6. The van der Waals surface area contributed by atoms with Gasteiger partial charge in [0.05, 0.1) is 10.9 Å². The van der Waals surface area contributed by atoms with E-state index in [2.05, 4.69) is 41.2 Å². The van der Waals surface area contributed by atoms with E-state index in [0.29, 0.717) is 11.5 Å². The molecular formula is C28H48BrNO3S. The molecule has 2 N–H and O–H groups in total. The number of fused-ring (bicyclic) bond motifs is 1. The lowest BCUT2D eigenvalue weighted by molar-refractivity contribution is 0.282. The SMILES string of the molecule is CCCCCc1cc2c(cc1CCCCC)S(=O)(=O)C(Br)C2NCCCCCCCCCCO. The third-order valence-electron chi connectivity index (χ3n) is 7.08. The Bertz CT molecular complexity index is 812. The molecule has 2 atom stereocenters. The molecule has 4 nitrogen and oxygen atoms in total. The number of aliphatic hydroxyl groups is 1. The van der Waals surface area contributed by atoms with Gasteiger partial charge in [-0.15, -0.1) is 0 Å². The first-order valence-electron chi connectivity index (χ1n) is 13.8. The number of aliphatic hydroxyl groups excluding tert-OH is 1. The standard InChI is InChI=1S/C28H48BrNO3S/c1-3-5-13-17-23-21-25-26(22-24(23)18-14-6-4-2)34(32,33)28(29)27(25)30-19-15-11-9-7-8-10-12-16-20-31/h21-22,27-28,30-31H,3-20H2,1-2H3. The Morgan fingerprint density at radius 3 is 1.88 bits per heavy atom. The highest BCUT2D eigenvalue weighted by atomic mass is 79.9. The molecule has 0 saturated carbocycles. The second-order valence-electron chi connectivity index (χ2n) is 9.95. The summed E-state index contributed by atoms with van der Waals surface area (Å²) in [6.07, 6.45) is 18.3. The third kappa shape index (κ3) is 8.90. The Balaban J connectivity index is 2.00. The summed E-state index contributed by atoms with van der Waals surface area (Å²) in [6, 6.07) is 4.05. The molecule has 196 valence electrons. The summed E-state index contributed by atoms with van der Waals surface area (Å²) in [7, 11) is -3.35. The average molecular weight is 559 g/mol. The number of aryl methyl sites for hydroxylation is 2. The number of rotatable bonds is 19. The minimum Gasteiger partial charge on any atom is -0.396 e. The fourth-order valence-electron chi connectivity index (χ4n) is 4.97. The van der Waals surface area contributed by atoms with Gasteiger partial charge in [0.1, 0.15) is 4.16 Å². The minimum absolute atomic E-state index is 0.173. The summed E-state index contributed by atoms with van der Waals surface area (Å²) in [6.45, 7) is 5.58. The number of sulfone groups is 1. The fraction of sp³-hybridized carbons (Fsp3) is 0.786. The van der Waals surface area contributed by atoms with Gasteiger partial charge in [-0.1, -0.05) is 100 Å². The van der Waals surface area contributed by atoms with Crippen molar-refractivity contribution in [3.63, 3.8) is 0 Å². The van der Waals surface area contributed by atoms with Crippen LogP contribution in [0, 0.1) is 0 Å². The number of unbranched alkanes of at least 4 members (excludes halogenated alkanes) is 11. The monoisotopic (exact) mass is 557 g/mol. The largest absolute Gasteiger partial charge is 0.396 e. The lowest BCUT2D eigenvalue weighted by Crippen LogP contribution is -2.28. The van der Waals surface area contributed by atoms with E-state index in [0.717, 1.165) is 50.6 Å². The zero-order chi connectivity index (χ0) is 24.8. The molecule has 1 aromatic rings. The van der Waals surface area contributed by atoms with Crippen LogP contribution in [0.2, 0.25) is 0 Å². The highest BCUT2D eigenvalue weighted by Gasteiger charge is 2.43. The molecule has 0 fully saturated rings. The van der Waals surface area contributed by atoms with Crippen LogP contribution in [0.5, 0.6) is 0 Å². The average Bonchev–Trinajstić information content (AvgIpc) is 3.00. The Morgan fingerprint density at radius 1 is 0.794 bits per heavy atom. The van der Waals surface area contributed by atoms with Crippen LogP contribution in [0.15, 0.2) is 17.0 Å². The Morgan fingerprint density at radius 2 is 1.32 bits per heavy atom. The van der Waals surface area contributed by atoms with Crippen LogP contribution in [-0.2, 0) is 22.7 Å². The van der Waals surface area contributed by atoms with Gasteiger partial charge in [0.2, 0.25) is 0 Å². The topological polar surface area (TPSA) is 66.4 Å². The third-order valence-corrected chi connectivity index (χ3v) is 10.9. The van der Waals surface area contributed by atoms with E-state index >= 15 is 0 Å². The maximum Gasteiger partial charge on any atom is 0.193 e. The van der Waals surface area contributed by atoms with Gasteiger partial charge in [-0.2, -0.15) is 0 Å². The molecule has 0 aromatic heterocycles. The number of benzene rings is 1. The Hall–Kier alpha value is -0.430. The van der Waals surface area contributed by atoms with E-state index in [1.807, 2.05) is 6.07 Å². The summed E-state index contributed by atoms with van der Waals surface area (Å²) >= 11 is 3.54. The Labute approximate surface area is 217 Å². The predicted octanol–water partition coefficient (Wildman–Crippen LogP) is 7.40. The van der Waals surface area contributed by atoms with Crippen LogP contribution < -0.4 is 5.32 Å². The molecule has 0 amide bonds. The smallest absolute Gasteiger partial charge is 0.193 e. The van der Waals surface area contributed by atoms with Crippen molar-refractivity contribution >= 4 is 25.8 Å². The van der Waals surface area contributed by atoms with Crippen LogP contribution in [0.4, 0.5) is 0 Å². The quantitative estimate of drug-likeness (QED) is 0.137. The molecular weight excluding hydrogens is 510 g/mol. The van der Waals surface area contributed by atoms with Gasteiger partial charge in [0, 0.05) is 6.61 Å². The van der Waals surface area contributed by atoms with Crippen molar-refractivity contribution in [2.75, 3.05) is 13.2 Å². The van der Waals surface area contributed by atoms with Crippen molar-refractivity contribution in [2.24, 2.45) is 0 Å². The predicted molar refractivity (Wildman–Crippen MR) is 148 cm³/mol. The van der Waals surface area contributed by atoms with Gasteiger partial charge in [-0.05, 0) is 67.8 Å². The van der Waals surface area contributed by atoms with Crippen LogP contribution in [0.1, 0.15) is 126 Å². The highest BCUT2D eigenvalue weighted by Crippen LogP contribution is 2.43. The lowest BCUT2D eigenvalue weighted by Gasteiger charge is -2.18. The van der Waals surface area contributed by atoms with Gasteiger partial charge >= 0.3 is 0 Å². The first kappa shape index (κ1) is 29.8. The zero-order valence-corrected chi connectivity index (χ0v) is 24.0. The summed E-state index contributed by atoms with van der Waals surface area (Å²) in [5.74, 6) is 0. The lowest BCUT2D eigenvalue weighted by atomic mass is 9.93. The first-order valence-corrected chi connectivity index (χ1v) is 16.3. The van der Waals surface area contributed by atoms with E-state index in [1.165, 1.54) is 75.3 Å². The molecule has 0 saturated heterocycles. The molecule has 1 aromatic carbocycles. The molecule has 0 spiro atoms. The number of alkyl halides is 1. The summed E-state index contributed by atoms with van der Waals surface area (Å²) in [5, 5.41) is 12.4. The van der Waals surface area contributed by atoms with Crippen molar-refractivity contribution < 1.29 is 13.5 Å². The van der Waals surface area contributed by atoms with Crippen LogP contribution >= 0.6 is 15.9 Å². The Kier molecular flexibility index (Phi) is 14.3. The second kappa shape index (κ2) is 16.3. The maximum atomic E-state index is 13.2. The van der Waals surface area contributed by atoms with Crippen molar-refractivity contribution in [3.05, 3.63) is 28.8 Å². The number of nitrogens with one attached hydrogen (secondary N) is 1.